The Morgan fingerprint density at radius 3 is 2.69 bits per heavy atom. The average Bonchev–Trinajstić information content (AvgIpc) is 2.08. The minimum atomic E-state index is -3.40. The van der Waals surface area contributed by atoms with E-state index < -0.39 is 21.7 Å². The summed E-state index contributed by atoms with van der Waals surface area (Å²) in [5.74, 6) is -1.11. The van der Waals surface area contributed by atoms with Crippen molar-refractivity contribution in [1.29, 1.82) is 0 Å². The maximum absolute atomic E-state index is 13.3. The molecule has 0 amide bonds. The van der Waals surface area contributed by atoms with Crippen LogP contribution in [0.15, 0.2) is 18.2 Å². The Morgan fingerprint density at radius 2 is 2.12 bits per heavy atom. The molecule has 1 aromatic rings. The van der Waals surface area contributed by atoms with Gasteiger partial charge in [0.15, 0.2) is 9.84 Å². The van der Waals surface area contributed by atoms with Gasteiger partial charge in [0.2, 0.25) is 0 Å². The monoisotopic (exact) mass is 265 g/mol. The molecule has 0 aromatic heterocycles. The van der Waals surface area contributed by atoms with E-state index in [1.807, 2.05) is 0 Å². The molecule has 0 heterocycles. The maximum Gasteiger partial charge on any atom is 0.156 e. The normalized spacial score (nSPS) is 13.8. The second-order valence-electron chi connectivity index (χ2n) is 3.77. The Hall–Kier alpha value is -0.650. The third-order valence-electron chi connectivity index (χ3n) is 1.90. The van der Waals surface area contributed by atoms with Gasteiger partial charge in [-0.05, 0) is 25.1 Å². The number of halogens is 2. The van der Waals surface area contributed by atoms with E-state index in [0.29, 0.717) is 5.02 Å². The highest BCUT2D eigenvalue weighted by Gasteiger charge is 2.17. The first-order valence-corrected chi connectivity index (χ1v) is 6.90. The Balaban J connectivity index is 2.92. The summed E-state index contributed by atoms with van der Waals surface area (Å²) in [5, 5.41) is 0.312. The molecule has 1 aromatic carbocycles. The lowest BCUT2D eigenvalue weighted by atomic mass is 10.2. The Bertz CT molecular complexity index is 474. The van der Waals surface area contributed by atoms with Crippen LogP contribution in [0, 0.1) is 5.82 Å². The smallest absolute Gasteiger partial charge is 0.156 e. The standard InChI is InChI=1S/C10H13ClFNO2S/c1-7(13)5-16(14,15)6-8-4-9(11)2-3-10(8)12/h2-4,7H,5-6,13H2,1H3. The van der Waals surface area contributed by atoms with Gasteiger partial charge in [-0.1, -0.05) is 11.6 Å². The van der Waals surface area contributed by atoms with Gasteiger partial charge in [-0.3, -0.25) is 0 Å². The van der Waals surface area contributed by atoms with Crippen LogP contribution in [0.4, 0.5) is 4.39 Å². The lowest BCUT2D eigenvalue weighted by molar-refractivity contribution is 0.582. The summed E-state index contributed by atoms with van der Waals surface area (Å²) in [5.41, 5.74) is 5.48. The van der Waals surface area contributed by atoms with Crippen LogP contribution in [0.25, 0.3) is 0 Å². The van der Waals surface area contributed by atoms with Gasteiger partial charge in [0, 0.05) is 16.6 Å². The van der Waals surface area contributed by atoms with Crippen LogP contribution < -0.4 is 5.73 Å². The molecule has 0 saturated carbocycles. The number of rotatable bonds is 4. The number of hydrogen-bond donors (Lipinski definition) is 1. The first-order chi connectivity index (χ1) is 7.30. The summed E-state index contributed by atoms with van der Waals surface area (Å²) in [6.45, 7) is 1.59. The van der Waals surface area contributed by atoms with E-state index in [1.54, 1.807) is 6.92 Å². The van der Waals surface area contributed by atoms with Crippen LogP contribution >= 0.6 is 11.6 Å². The highest BCUT2D eigenvalue weighted by atomic mass is 35.5. The molecule has 0 bridgehead atoms. The third-order valence-corrected chi connectivity index (χ3v) is 3.92. The maximum atomic E-state index is 13.3. The van der Waals surface area contributed by atoms with Crippen LogP contribution in [0.2, 0.25) is 5.02 Å². The number of nitrogens with two attached hydrogens (primary N) is 1. The first-order valence-electron chi connectivity index (χ1n) is 4.70. The molecule has 1 rings (SSSR count). The molecule has 0 aliphatic carbocycles. The molecule has 1 unspecified atom stereocenters. The lowest BCUT2D eigenvalue weighted by Gasteiger charge is -2.08. The zero-order valence-electron chi connectivity index (χ0n) is 8.78. The largest absolute Gasteiger partial charge is 0.327 e. The molecule has 6 heteroatoms. The fraction of sp³-hybridized carbons (Fsp3) is 0.400. The zero-order valence-corrected chi connectivity index (χ0v) is 10.4. The summed E-state index contributed by atoms with van der Waals surface area (Å²) < 4.78 is 36.5. The van der Waals surface area contributed by atoms with E-state index >= 15 is 0 Å². The van der Waals surface area contributed by atoms with Gasteiger partial charge < -0.3 is 5.73 Å². The molecule has 0 radical (unpaired) electrons. The van der Waals surface area contributed by atoms with E-state index in [1.165, 1.54) is 12.1 Å². The first kappa shape index (κ1) is 13.4. The SMILES string of the molecule is CC(N)CS(=O)(=O)Cc1cc(Cl)ccc1F. The van der Waals surface area contributed by atoms with Crippen LogP contribution in [-0.2, 0) is 15.6 Å². The van der Waals surface area contributed by atoms with E-state index in [-0.39, 0.29) is 17.1 Å². The molecule has 0 fully saturated rings. The Morgan fingerprint density at radius 1 is 1.50 bits per heavy atom. The molecule has 2 N–H and O–H groups in total. The molecule has 0 aliphatic heterocycles. The molecule has 0 aliphatic rings. The summed E-state index contributed by atoms with van der Waals surface area (Å²) in [6.07, 6.45) is 0. The topological polar surface area (TPSA) is 60.2 Å². The predicted octanol–water partition coefficient (Wildman–Crippen LogP) is 1.74. The molecule has 16 heavy (non-hydrogen) atoms. The van der Waals surface area contributed by atoms with Gasteiger partial charge in [-0.25, -0.2) is 12.8 Å². The van der Waals surface area contributed by atoms with Gasteiger partial charge in [-0.15, -0.1) is 0 Å². The van der Waals surface area contributed by atoms with Gasteiger partial charge in [0.05, 0.1) is 11.5 Å². The quantitative estimate of drug-likeness (QED) is 0.902. The van der Waals surface area contributed by atoms with Crippen molar-refractivity contribution >= 4 is 21.4 Å². The van der Waals surface area contributed by atoms with Crippen LogP contribution in [0.3, 0.4) is 0 Å². The molecular weight excluding hydrogens is 253 g/mol. The molecule has 90 valence electrons. The van der Waals surface area contributed by atoms with Crippen molar-refractivity contribution in [2.45, 2.75) is 18.7 Å². The number of sulfone groups is 1. The van der Waals surface area contributed by atoms with E-state index in [9.17, 15) is 12.8 Å². The Labute approximate surface area is 99.3 Å². The van der Waals surface area contributed by atoms with Crippen molar-refractivity contribution in [1.82, 2.24) is 0 Å². The van der Waals surface area contributed by atoms with Crippen LogP contribution in [-0.4, -0.2) is 20.2 Å². The molecular formula is C10H13ClFNO2S. The van der Waals surface area contributed by atoms with Gasteiger partial charge in [0.1, 0.15) is 5.82 Å². The zero-order chi connectivity index (χ0) is 12.3. The van der Waals surface area contributed by atoms with E-state index in [2.05, 4.69) is 0 Å². The van der Waals surface area contributed by atoms with E-state index in [0.717, 1.165) is 6.07 Å². The van der Waals surface area contributed by atoms with Gasteiger partial charge in [-0.2, -0.15) is 0 Å². The van der Waals surface area contributed by atoms with Crippen molar-refractivity contribution < 1.29 is 12.8 Å². The number of hydrogen-bond acceptors (Lipinski definition) is 3. The molecule has 0 spiro atoms. The van der Waals surface area contributed by atoms with Crippen LogP contribution in [0.1, 0.15) is 12.5 Å². The van der Waals surface area contributed by atoms with Gasteiger partial charge in [0.25, 0.3) is 0 Å². The molecule has 3 nitrogen and oxygen atoms in total. The van der Waals surface area contributed by atoms with E-state index in [4.69, 9.17) is 17.3 Å². The molecule has 1 atom stereocenters. The number of benzene rings is 1. The third kappa shape index (κ3) is 4.08. The summed E-state index contributed by atoms with van der Waals surface area (Å²) in [4.78, 5) is 0. The second-order valence-corrected chi connectivity index (χ2v) is 6.31. The van der Waals surface area contributed by atoms with Crippen molar-refractivity contribution in [2.75, 3.05) is 5.75 Å². The van der Waals surface area contributed by atoms with Crippen molar-refractivity contribution in [3.05, 3.63) is 34.6 Å². The lowest BCUT2D eigenvalue weighted by Crippen LogP contribution is -2.27. The Kier molecular flexibility index (Phi) is 4.29. The minimum absolute atomic E-state index is 0.0770. The van der Waals surface area contributed by atoms with Crippen LogP contribution in [0.5, 0.6) is 0 Å². The fourth-order valence-corrected chi connectivity index (χ4v) is 3.16. The molecule has 0 saturated heterocycles. The van der Waals surface area contributed by atoms with Crippen molar-refractivity contribution in [2.24, 2.45) is 5.73 Å². The highest BCUT2D eigenvalue weighted by molar-refractivity contribution is 7.90. The second kappa shape index (κ2) is 5.12. The predicted molar refractivity (Wildman–Crippen MR) is 62.6 cm³/mol. The van der Waals surface area contributed by atoms with Gasteiger partial charge >= 0.3 is 0 Å². The average molecular weight is 266 g/mol. The fourth-order valence-electron chi connectivity index (χ4n) is 1.35. The summed E-state index contributed by atoms with van der Waals surface area (Å²) in [6, 6.07) is 3.38. The summed E-state index contributed by atoms with van der Waals surface area (Å²) in [7, 11) is -3.40. The summed E-state index contributed by atoms with van der Waals surface area (Å²) >= 11 is 5.67. The minimum Gasteiger partial charge on any atom is -0.327 e. The van der Waals surface area contributed by atoms with Crippen molar-refractivity contribution in [3.63, 3.8) is 0 Å². The van der Waals surface area contributed by atoms with Crippen molar-refractivity contribution in [3.8, 4) is 0 Å². The highest BCUT2D eigenvalue weighted by Crippen LogP contribution is 2.17.